The Morgan fingerprint density at radius 1 is 0.722 bits per heavy atom. The van der Waals surface area contributed by atoms with Crippen LogP contribution in [0, 0.1) is 0 Å². The van der Waals surface area contributed by atoms with E-state index in [2.05, 4.69) is 5.48 Å². The lowest BCUT2D eigenvalue weighted by Gasteiger charge is -2.34. The van der Waals surface area contributed by atoms with Gasteiger partial charge in [0.25, 0.3) is 5.91 Å². The predicted molar refractivity (Wildman–Crippen MR) is 141 cm³/mol. The molecule has 0 aliphatic carbocycles. The SMILES string of the molecule is COC(=O)c1ccc2sc(C(=O)NOC(c3ccccc3)(c3ccccc3)c3ccccc3)cc2c1. The lowest BCUT2D eigenvalue weighted by Crippen LogP contribution is -2.40. The second kappa shape index (κ2) is 10.2. The van der Waals surface area contributed by atoms with Gasteiger partial charge in [-0.3, -0.25) is 9.63 Å². The van der Waals surface area contributed by atoms with Crippen molar-refractivity contribution in [3.8, 4) is 0 Å². The molecule has 0 unspecified atom stereocenters. The van der Waals surface area contributed by atoms with E-state index in [0.717, 1.165) is 26.8 Å². The van der Waals surface area contributed by atoms with Crippen LogP contribution in [0.1, 0.15) is 36.7 Å². The summed E-state index contributed by atoms with van der Waals surface area (Å²) in [5, 5.41) is 0.786. The molecule has 1 heterocycles. The average Bonchev–Trinajstić information content (AvgIpc) is 3.38. The second-order valence-corrected chi connectivity index (χ2v) is 9.25. The van der Waals surface area contributed by atoms with Crippen LogP contribution in [0.5, 0.6) is 0 Å². The zero-order valence-electron chi connectivity index (χ0n) is 19.5. The number of hydroxylamine groups is 1. The van der Waals surface area contributed by atoms with Crippen LogP contribution >= 0.6 is 11.3 Å². The Balaban J connectivity index is 1.53. The van der Waals surface area contributed by atoms with Gasteiger partial charge >= 0.3 is 5.97 Å². The molecule has 36 heavy (non-hydrogen) atoms. The lowest BCUT2D eigenvalue weighted by atomic mass is 9.80. The number of fused-ring (bicyclic) bond motifs is 1. The van der Waals surface area contributed by atoms with Gasteiger partial charge in [-0.15, -0.1) is 11.3 Å². The van der Waals surface area contributed by atoms with E-state index < -0.39 is 11.6 Å². The highest BCUT2D eigenvalue weighted by Gasteiger charge is 2.39. The highest BCUT2D eigenvalue weighted by atomic mass is 32.1. The summed E-state index contributed by atoms with van der Waals surface area (Å²) in [5.41, 5.74) is 4.71. The number of rotatable bonds is 7. The molecular formula is C30H23NO4S. The summed E-state index contributed by atoms with van der Waals surface area (Å²) in [6.07, 6.45) is 0. The summed E-state index contributed by atoms with van der Waals surface area (Å²) >= 11 is 1.33. The van der Waals surface area contributed by atoms with Crippen molar-refractivity contribution in [2.24, 2.45) is 0 Å². The van der Waals surface area contributed by atoms with E-state index >= 15 is 0 Å². The third-order valence-corrected chi connectivity index (χ3v) is 7.11. The summed E-state index contributed by atoms with van der Waals surface area (Å²) in [6.45, 7) is 0. The molecule has 0 radical (unpaired) electrons. The number of benzene rings is 4. The van der Waals surface area contributed by atoms with Crippen molar-refractivity contribution in [3.05, 3.63) is 142 Å². The van der Waals surface area contributed by atoms with Gasteiger partial charge in [0.2, 0.25) is 0 Å². The van der Waals surface area contributed by atoms with Gasteiger partial charge in [-0.25, -0.2) is 10.3 Å². The minimum atomic E-state index is -1.08. The van der Waals surface area contributed by atoms with Gasteiger partial charge in [-0.05, 0) is 46.3 Å². The van der Waals surface area contributed by atoms with Crippen molar-refractivity contribution in [2.75, 3.05) is 7.11 Å². The van der Waals surface area contributed by atoms with Crippen LogP contribution in [0.25, 0.3) is 10.1 Å². The van der Waals surface area contributed by atoms with E-state index in [9.17, 15) is 9.59 Å². The highest BCUT2D eigenvalue weighted by Crippen LogP contribution is 2.40. The first kappa shape index (κ1) is 23.5. The Bertz CT molecular complexity index is 1400. The Morgan fingerprint density at radius 3 is 1.75 bits per heavy atom. The summed E-state index contributed by atoms with van der Waals surface area (Å²) < 4.78 is 5.69. The van der Waals surface area contributed by atoms with Gasteiger partial charge in [0.1, 0.15) is 0 Å². The topological polar surface area (TPSA) is 64.6 Å². The number of hydrogen-bond donors (Lipinski definition) is 1. The predicted octanol–water partition coefficient (Wildman–Crippen LogP) is 6.34. The maximum Gasteiger partial charge on any atom is 0.337 e. The maximum absolute atomic E-state index is 13.3. The summed E-state index contributed by atoms with van der Waals surface area (Å²) in [7, 11) is 1.34. The van der Waals surface area contributed by atoms with Crippen molar-refractivity contribution < 1.29 is 19.2 Å². The monoisotopic (exact) mass is 493 g/mol. The van der Waals surface area contributed by atoms with Gasteiger partial charge in [-0.1, -0.05) is 91.0 Å². The van der Waals surface area contributed by atoms with Gasteiger partial charge in [0, 0.05) is 4.70 Å². The van der Waals surface area contributed by atoms with E-state index in [4.69, 9.17) is 9.57 Å². The van der Waals surface area contributed by atoms with Crippen molar-refractivity contribution in [2.45, 2.75) is 5.60 Å². The van der Waals surface area contributed by atoms with Crippen molar-refractivity contribution in [1.82, 2.24) is 5.48 Å². The number of amides is 1. The van der Waals surface area contributed by atoms with Crippen LogP contribution < -0.4 is 5.48 Å². The van der Waals surface area contributed by atoms with Crippen LogP contribution in [-0.4, -0.2) is 19.0 Å². The highest BCUT2D eigenvalue weighted by molar-refractivity contribution is 7.20. The van der Waals surface area contributed by atoms with E-state index in [0.29, 0.717) is 10.4 Å². The fourth-order valence-corrected chi connectivity index (χ4v) is 5.20. The standard InChI is InChI=1S/C30H23NO4S/c1-34-29(33)21-17-18-26-22(19-21)20-27(36-26)28(32)31-35-30(23-11-5-2-6-12-23,24-13-7-3-8-14-24)25-15-9-4-10-16-25/h2-20H,1H3,(H,31,32). The molecule has 0 saturated heterocycles. The molecular weight excluding hydrogens is 470 g/mol. The van der Waals surface area contributed by atoms with Crippen molar-refractivity contribution in [1.29, 1.82) is 0 Å². The Kier molecular flexibility index (Phi) is 6.62. The van der Waals surface area contributed by atoms with E-state index in [1.807, 2.05) is 97.1 Å². The third kappa shape index (κ3) is 4.40. The first-order valence-electron chi connectivity index (χ1n) is 11.4. The molecule has 0 aliphatic rings. The van der Waals surface area contributed by atoms with Gasteiger partial charge in [0.05, 0.1) is 17.6 Å². The molecule has 0 bridgehead atoms. The largest absolute Gasteiger partial charge is 0.465 e. The fourth-order valence-electron chi connectivity index (χ4n) is 4.27. The number of nitrogens with one attached hydrogen (secondary N) is 1. The van der Waals surface area contributed by atoms with Gasteiger partial charge in [-0.2, -0.15) is 0 Å². The lowest BCUT2D eigenvalue weighted by molar-refractivity contribution is -0.0472. The van der Waals surface area contributed by atoms with Crippen LogP contribution in [0.2, 0.25) is 0 Å². The van der Waals surface area contributed by atoms with Gasteiger partial charge < -0.3 is 4.74 Å². The zero-order chi connectivity index (χ0) is 25.0. The van der Waals surface area contributed by atoms with Crippen LogP contribution in [0.4, 0.5) is 0 Å². The number of methoxy groups -OCH3 is 1. The Labute approximate surface area is 212 Å². The zero-order valence-corrected chi connectivity index (χ0v) is 20.3. The molecule has 0 spiro atoms. The van der Waals surface area contributed by atoms with E-state index in [-0.39, 0.29) is 5.91 Å². The third-order valence-electron chi connectivity index (χ3n) is 6.00. The van der Waals surface area contributed by atoms with E-state index in [1.54, 1.807) is 18.2 Å². The quantitative estimate of drug-likeness (QED) is 0.163. The van der Waals surface area contributed by atoms with E-state index in [1.165, 1.54) is 18.4 Å². The van der Waals surface area contributed by atoms with Crippen molar-refractivity contribution >= 4 is 33.3 Å². The summed E-state index contributed by atoms with van der Waals surface area (Å²) in [4.78, 5) is 32.1. The number of esters is 1. The smallest absolute Gasteiger partial charge is 0.337 e. The molecule has 6 heteroatoms. The molecule has 0 atom stereocenters. The Hall–Kier alpha value is -4.26. The number of carbonyl (C=O) groups is 2. The molecule has 0 saturated carbocycles. The molecule has 0 fully saturated rings. The van der Waals surface area contributed by atoms with Crippen LogP contribution in [0.3, 0.4) is 0 Å². The maximum atomic E-state index is 13.3. The molecule has 5 rings (SSSR count). The van der Waals surface area contributed by atoms with Gasteiger partial charge in [0.15, 0.2) is 5.60 Å². The summed E-state index contributed by atoms with van der Waals surface area (Å²) in [6, 6.07) is 36.4. The number of ether oxygens (including phenoxy) is 1. The molecule has 0 aliphatic heterocycles. The molecule has 4 aromatic carbocycles. The molecule has 5 nitrogen and oxygen atoms in total. The normalized spacial score (nSPS) is 11.2. The molecule has 5 aromatic rings. The molecule has 1 aromatic heterocycles. The average molecular weight is 494 g/mol. The minimum Gasteiger partial charge on any atom is -0.465 e. The van der Waals surface area contributed by atoms with Crippen molar-refractivity contribution in [3.63, 3.8) is 0 Å². The molecule has 1 N–H and O–H groups in total. The van der Waals surface area contributed by atoms with Crippen LogP contribution in [-0.2, 0) is 15.2 Å². The minimum absolute atomic E-state index is 0.372. The first-order valence-corrected chi connectivity index (χ1v) is 12.2. The molecule has 178 valence electrons. The summed E-state index contributed by atoms with van der Waals surface area (Å²) in [5.74, 6) is -0.793. The Morgan fingerprint density at radius 2 is 1.25 bits per heavy atom. The first-order chi connectivity index (χ1) is 17.6. The molecule has 1 amide bonds. The van der Waals surface area contributed by atoms with Crippen LogP contribution in [0.15, 0.2) is 115 Å². The number of carbonyl (C=O) groups excluding carboxylic acids is 2. The fraction of sp³-hybridized carbons (Fsp3) is 0.0667. The second-order valence-electron chi connectivity index (χ2n) is 8.17. The number of hydrogen-bond acceptors (Lipinski definition) is 5. The number of thiophene rings is 1.